The highest BCUT2D eigenvalue weighted by Crippen LogP contribution is 2.28. The van der Waals surface area contributed by atoms with Crippen LogP contribution in [0.1, 0.15) is 18.4 Å². The van der Waals surface area contributed by atoms with Crippen molar-refractivity contribution in [2.45, 2.75) is 31.9 Å². The smallest absolute Gasteiger partial charge is 0.404 e. The Labute approximate surface area is 103 Å². The lowest BCUT2D eigenvalue weighted by Crippen LogP contribution is -2.48. The van der Waals surface area contributed by atoms with Gasteiger partial charge in [-0.1, -0.05) is 0 Å². The first-order chi connectivity index (χ1) is 8.45. The third kappa shape index (κ3) is 2.69. The second-order valence-corrected chi connectivity index (χ2v) is 4.39. The molecule has 6 heteroatoms. The molecule has 0 aliphatic heterocycles. The van der Waals surface area contributed by atoms with Crippen molar-refractivity contribution in [3.63, 3.8) is 0 Å². The molecule has 0 bridgehead atoms. The predicted molar refractivity (Wildman–Crippen MR) is 59.7 cm³/mol. The van der Waals surface area contributed by atoms with Crippen molar-refractivity contribution in [1.82, 2.24) is 5.32 Å². The normalized spacial score (nSPS) is 22.2. The summed E-state index contributed by atoms with van der Waals surface area (Å²) in [6.45, 7) is 1.46. The molecule has 2 rings (SSSR count). The van der Waals surface area contributed by atoms with Crippen molar-refractivity contribution in [3.05, 3.63) is 29.3 Å². The summed E-state index contributed by atoms with van der Waals surface area (Å²) in [5.41, 5.74) is 0.185. The third-order valence-corrected chi connectivity index (χ3v) is 2.91. The first-order valence-corrected chi connectivity index (χ1v) is 5.57. The maximum Gasteiger partial charge on any atom is 0.404 e. The number of halogens is 2. The largest absolute Gasteiger partial charge is 0.490 e. The molecule has 98 valence electrons. The van der Waals surface area contributed by atoms with E-state index < -0.39 is 17.7 Å². The number of nitrogens with one attached hydrogen (secondary N) is 1. The van der Waals surface area contributed by atoms with Gasteiger partial charge in [0.05, 0.1) is 0 Å². The van der Waals surface area contributed by atoms with Crippen LogP contribution in [0.2, 0.25) is 0 Å². The highest BCUT2D eigenvalue weighted by molar-refractivity contribution is 5.65. The Kier molecular flexibility index (Phi) is 3.36. The molecule has 0 unspecified atom stereocenters. The maximum atomic E-state index is 13.1. The first-order valence-electron chi connectivity index (χ1n) is 5.57. The van der Waals surface area contributed by atoms with E-state index in [1.165, 1.54) is 13.0 Å². The number of ether oxygens (including phenoxy) is 1. The number of amides is 1. The van der Waals surface area contributed by atoms with Gasteiger partial charge in [-0.05, 0) is 18.6 Å². The molecule has 1 aliphatic rings. The van der Waals surface area contributed by atoms with Crippen molar-refractivity contribution >= 4 is 6.09 Å². The molecule has 2 N–H and O–H groups in total. The van der Waals surface area contributed by atoms with Crippen LogP contribution in [0.3, 0.4) is 0 Å². The molecule has 1 aliphatic carbocycles. The fraction of sp³-hybridized carbons (Fsp3) is 0.417. The molecule has 1 amide bonds. The number of benzene rings is 1. The van der Waals surface area contributed by atoms with Crippen LogP contribution in [0.5, 0.6) is 5.75 Å². The van der Waals surface area contributed by atoms with E-state index >= 15 is 0 Å². The Morgan fingerprint density at radius 2 is 2.11 bits per heavy atom. The second kappa shape index (κ2) is 4.80. The summed E-state index contributed by atoms with van der Waals surface area (Å²) in [5, 5.41) is 10.8. The standard InChI is InChI=1S/C12H13F2NO3/c1-6-2-8(5-10(13)11(6)14)18-9-3-7(4-9)15-12(16)17/h2,5,7,9,15H,3-4H2,1H3,(H,16,17)/t7-,9-. The highest BCUT2D eigenvalue weighted by Gasteiger charge is 2.32. The molecule has 0 spiro atoms. The van der Waals surface area contributed by atoms with Crippen LogP contribution in [0, 0.1) is 18.6 Å². The van der Waals surface area contributed by atoms with Crippen molar-refractivity contribution in [2.75, 3.05) is 0 Å². The molecule has 0 aromatic heterocycles. The van der Waals surface area contributed by atoms with Gasteiger partial charge >= 0.3 is 6.09 Å². The van der Waals surface area contributed by atoms with Gasteiger partial charge in [-0.3, -0.25) is 0 Å². The molecule has 0 radical (unpaired) electrons. The SMILES string of the molecule is Cc1cc(O[C@H]2C[C@H](NC(=O)O)C2)cc(F)c1F. The molecule has 1 fully saturated rings. The van der Waals surface area contributed by atoms with Crippen LogP contribution in [0.25, 0.3) is 0 Å². The number of aryl methyl sites for hydroxylation is 1. The molecule has 18 heavy (non-hydrogen) atoms. The van der Waals surface area contributed by atoms with Gasteiger partial charge in [0.15, 0.2) is 11.6 Å². The van der Waals surface area contributed by atoms with Gasteiger partial charge in [0.25, 0.3) is 0 Å². The average molecular weight is 257 g/mol. The zero-order valence-corrected chi connectivity index (χ0v) is 9.74. The Hall–Kier alpha value is -1.85. The van der Waals surface area contributed by atoms with Crippen LogP contribution >= 0.6 is 0 Å². The number of hydrogen-bond donors (Lipinski definition) is 2. The van der Waals surface area contributed by atoms with Gasteiger partial charge < -0.3 is 15.2 Å². The zero-order chi connectivity index (χ0) is 13.3. The van der Waals surface area contributed by atoms with E-state index in [4.69, 9.17) is 9.84 Å². The zero-order valence-electron chi connectivity index (χ0n) is 9.74. The lowest BCUT2D eigenvalue weighted by Gasteiger charge is -2.35. The lowest BCUT2D eigenvalue weighted by molar-refractivity contribution is 0.0829. The van der Waals surface area contributed by atoms with E-state index in [1.807, 2.05) is 0 Å². The van der Waals surface area contributed by atoms with E-state index in [0.717, 1.165) is 6.07 Å². The topological polar surface area (TPSA) is 58.6 Å². The number of hydrogen-bond acceptors (Lipinski definition) is 2. The Morgan fingerprint density at radius 1 is 1.44 bits per heavy atom. The van der Waals surface area contributed by atoms with Gasteiger partial charge in [-0.25, -0.2) is 13.6 Å². The highest BCUT2D eigenvalue weighted by atomic mass is 19.2. The minimum absolute atomic E-state index is 0.126. The van der Waals surface area contributed by atoms with E-state index in [2.05, 4.69) is 5.32 Å². The summed E-state index contributed by atoms with van der Waals surface area (Å²) < 4.78 is 31.6. The van der Waals surface area contributed by atoms with Crippen LogP contribution in [-0.4, -0.2) is 23.3 Å². The molecular formula is C12H13F2NO3. The van der Waals surface area contributed by atoms with Crippen LogP contribution in [0.15, 0.2) is 12.1 Å². The molecule has 4 nitrogen and oxygen atoms in total. The Morgan fingerprint density at radius 3 is 2.67 bits per heavy atom. The van der Waals surface area contributed by atoms with E-state index in [-0.39, 0.29) is 23.5 Å². The number of carboxylic acid groups (broad SMARTS) is 1. The summed E-state index contributed by atoms with van der Waals surface area (Å²) in [4.78, 5) is 10.4. The van der Waals surface area contributed by atoms with Gasteiger partial charge in [0.1, 0.15) is 11.9 Å². The van der Waals surface area contributed by atoms with Gasteiger partial charge in [0, 0.05) is 24.9 Å². The summed E-state index contributed by atoms with van der Waals surface area (Å²) in [6.07, 6.45) is -0.164. The van der Waals surface area contributed by atoms with Crippen LogP contribution in [0.4, 0.5) is 13.6 Å². The fourth-order valence-electron chi connectivity index (χ4n) is 1.91. The molecule has 0 heterocycles. The quantitative estimate of drug-likeness (QED) is 0.874. The number of carbonyl (C=O) groups is 1. The summed E-state index contributed by atoms with van der Waals surface area (Å²) in [7, 11) is 0. The second-order valence-electron chi connectivity index (χ2n) is 4.39. The third-order valence-electron chi connectivity index (χ3n) is 2.91. The minimum Gasteiger partial charge on any atom is -0.490 e. The molecule has 0 atom stereocenters. The van der Waals surface area contributed by atoms with Crippen molar-refractivity contribution in [1.29, 1.82) is 0 Å². The van der Waals surface area contributed by atoms with Gasteiger partial charge in [-0.2, -0.15) is 0 Å². The fourth-order valence-corrected chi connectivity index (χ4v) is 1.91. The van der Waals surface area contributed by atoms with Gasteiger partial charge in [0.2, 0.25) is 0 Å². The molecule has 1 aromatic rings. The maximum absolute atomic E-state index is 13.1. The molecule has 0 saturated heterocycles. The molecule has 1 aromatic carbocycles. The van der Waals surface area contributed by atoms with Crippen molar-refractivity contribution in [2.24, 2.45) is 0 Å². The van der Waals surface area contributed by atoms with E-state index in [9.17, 15) is 13.6 Å². The van der Waals surface area contributed by atoms with Crippen molar-refractivity contribution in [3.8, 4) is 5.75 Å². The van der Waals surface area contributed by atoms with Crippen molar-refractivity contribution < 1.29 is 23.4 Å². The Balaban J connectivity index is 1.91. The first kappa shape index (κ1) is 12.6. The average Bonchev–Trinajstić information content (AvgIpc) is 2.22. The minimum atomic E-state index is -1.07. The summed E-state index contributed by atoms with van der Waals surface area (Å²) in [5.74, 6) is -1.55. The number of rotatable bonds is 3. The lowest BCUT2D eigenvalue weighted by atomic mass is 9.89. The van der Waals surface area contributed by atoms with Crippen LogP contribution < -0.4 is 10.1 Å². The summed E-state index contributed by atoms with van der Waals surface area (Å²) in [6, 6.07) is 2.30. The molecule has 1 saturated carbocycles. The monoisotopic (exact) mass is 257 g/mol. The van der Waals surface area contributed by atoms with E-state index in [0.29, 0.717) is 12.8 Å². The predicted octanol–water partition coefficient (Wildman–Crippen LogP) is 2.45. The summed E-state index contributed by atoms with van der Waals surface area (Å²) >= 11 is 0. The van der Waals surface area contributed by atoms with Gasteiger partial charge in [-0.15, -0.1) is 0 Å². The van der Waals surface area contributed by atoms with Crippen LogP contribution in [-0.2, 0) is 0 Å². The Bertz CT molecular complexity index is 449. The van der Waals surface area contributed by atoms with E-state index in [1.54, 1.807) is 0 Å². The molecular weight excluding hydrogens is 244 g/mol.